The maximum Gasteiger partial charge on any atom is 0.317 e. The van der Waals surface area contributed by atoms with Crippen LogP contribution < -0.4 is 10.1 Å². The van der Waals surface area contributed by atoms with Crippen molar-refractivity contribution < 1.29 is 9.53 Å². The lowest BCUT2D eigenvalue weighted by Gasteiger charge is -2.26. The minimum atomic E-state index is 0.0235. The molecule has 1 aromatic heterocycles. The molecule has 2 aromatic rings. The largest absolute Gasteiger partial charge is 0.494 e. The molecule has 134 valence electrons. The molecule has 0 saturated carbocycles. The van der Waals surface area contributed by atoms with E-state index in [-0.39, 0.29) is 6.03 Å². The zero-order valence-electron chi connectivity index (χ0n) is 15.0. The molecule has 0 atom stereocenters. The van der Waals surface area contributed by atoms with Gasteiger partial charge in [0.15, 0.2) is 0 Å². The Morgan fingerprint density at radius 1 is 1.36 bits per heavy atom. The van der Waals surface area contributed by atoms with Crippen molar-refractivity contribution in [2.75, 3.05) is 19.7 Å². The van der Waals surface area contributed by atoms with E-state index in [9.17, 15) is 4.79 Å². The molecule has 1 aliphatic rings. The molecule has 1 N–H and O–H groups in total. The van der Waals surface area contributed by atoms with Gasteiger partial charge >= 0.3 is 6.03 Å². The van der Waals surface area contributed by atoms with Gasteiger partial charge < -0.3 is 15.0 Å². The highest BCUT2D eigenvalue weighted by Crippen LogP contribution is 2.32. The molecular formula is C19H25N3O2S. The standard InChI is InChI=1S/C19H25N3O2S/c1-4-24-15-7-5-14(6-8-15)18-21-16-9-10-22(12-17(16)25-18)19(23)20-11-13(2)3/h5-8,13H,4,9-12H2,1-3H3,(H,20,23). The average molecular weight is 359 g/mol. The number of hydrogen-bond acceptors (Lipinski definition) is 4. The Hall–Kier alpha value is -2.08. The molecule has 2 amide bonds. The van der Waals surface area contributed by atoms with E-state index in [1.807, 2.05) is 36.1 Å². The summed E-state index contributed by atoms with van der Waals surface area (Å²) in [5.74, 6) is 1.33. The third-order valence-corrected chi connectivity index (χ3v) is 5.22. The Bertz CT molecular complexity index is 725. The molecule has 1 aliphatic heterocycles. The molecule has 3 rings (SSSR count). The van der Waals surface area contributed by atoms with Crippen molar-refractivity contribution >= 4 is 17.4 Å². The van der Waals surface area contributed by atoms with Crippen LogP contribution in [0.3, 0.4) is 0 Å². The number of fused-ring (bicyclic) bond motifs is 1. The maximum atomic E-state index is 12.3. The number of nitrogens with zero attached hydrogens (tertiary/aromatic N) is 2. The highest BCUT2D eigenvalue weighted by Gasteiger charge is 2.24. The first-order valence-electron chi connectivity index (χ1n) is 8.81. The lowest BCUT2D eigenvalue weighted by Crippen LogP contribution is -2.43. The van der Waals surface area contributed by atoms with Crippen LogP contribution in [0.5, 0.6) is 5.75 Å². The van der Waals surface area contributed by atoms with Gasteiger partial charge in [0.05, 0.1) is 18.8 Å². The van der Waals surface area contributed by atoms with E-state index in [0.29, 0.717) is 25.6 Å². The number of thiazole rings is 1. The number of ether oxygens (including phenoxy) is 1. The maximum absolute atomic E-state index is 12.3. The van der Waals surface area contributed by atoms with Crippen molar-refractivity contribution in [2.24, 2.45) is 5.92 Å². The third-order valence-electron chi connectivity index (χ3n) is 4.09. The second-order valence-electron chi connectivity index (χ2n) is 6.60. The quantitative estimate of drug-likeness (QED) is 0.880. The fourth-order valence-corrected chi connectivity index (χ4v) is 3.89. The number of carbonyl (C=O) groups is 1. The van der Waals surface area contributed by atoms with Crippen LogP contribution in [-0.2, 0) is 13.0 Å². The summed E-state index contributed by atoms with van der Waals surface area (Å²) in [5.41, 5.74) is 2.22. The molecule has 6 heteroatoms. The second-order valence-corrected chi connectivity index (χ2v) is 7.68. The zero-order chi connectivity index (χ0) is 17.8. The SMILES string of the molecule is CCOc1ccc(-c2nc3c(s2)CN(C(=O)NCC(C)C)CC3)cc1. The molecule has 0 bridgehead atoms. The van der Waals surface area contributed by atoms with Gasteiger partial charge in [-0.25, -0.2) is 9.78 Å². The summed E-state index contributed by atoms with van der Waals surface area (Å²) in [6.45, 7) is 8.92. The first-order chi connectivity index (χ1) is 12.1. The molecule has 25 heavy (non-hydrogen) atoms. The summed E-state index contributed by atoms with van der Waals surface area (Å²) >= 11 is 1.68. The fraction of sp³-hybridized carbons (Fsp3) is 0.474. The highest BCUT2D eigenvalue weighted by molar-refractivity contribution is 7.15. The molecule has 5 nitrogen and oxygen atoms in total. The number of carbonyl (C=O) groups excluding carboxylic acids is 1. The lowest BCUT2D eigenvalue weighted by atomic mass is 10.2. The molecule has 0 fully saturated rings. The fourth-order valence-electron chi connectivity index (χ4n) is 2.76. The van der Waals surface area contributed by atoms with E-state index in [2.05, 4.69) is 19.2 Å². The van der Waals surface area contributed by atoms with Crippen molar-refractivity contribution in [3.63, 3.8) is 0 Å². The van der Waals surface area contributed by atoms with E-state index in [1.165, 1.54) is 4.88 Å². The normalized spacial score (nSPS) is 13.7. The van der Waals surface area contributed by atoms with Crippen LogP contribution in [0.2, 0.25) is 0 Å². The molecule has 0 saturated heterocycles. The van der Waals surface area contributed by atoms with Crippen LogP contribution >= 0.6 is 11.3 Å². The van der Waals surface area contributed by atoms with Gasteiger partial charge in [-0.05, 0) is 37.1 Å². The lowest BCUT2D eigenvalue weighted by molar-refractivity contribution is 0.191. The van der Waals surface area contributed by atoms with Gasteiger partial charge in [-0.3, -0.25) is 0 Å². The van der Waals surface area contributed by atoms with Crippen LogP contribution in [0.1, 0.15) is 31.3 Å². The first-order valence-corrected chi connectivity index (χ1v) is 9.63. The first kappa shape index (κ1) is 17.7. The third kappa shape index (κ3) is 4.31. The van der Waals surface area contributed by atoms with Crippen LogP contribution in [0.15, 0.2) is 24.3 Å². The molecular weight excluding hydrogens is 334 g/mol. The molecule has 2 heterocycles. The minimum Gasteiger partial charge on any atom is -0.494 e. The summed E-state index contributed by atoms with van der Waals surface area (Å²) in [6.07, 6.45) is 0.817. The number of rotatable bonds is 5. The molecule has 1 aromatic carbocycles. The number of aromatic nitrogens is 1. The van der Waals surface area contributed by atoms with Gasteiger partial charge in [-0.1, -0.05) is 13.8 Å². The van der Waals surface area contributed by atoms with E-state index in [4.69, 9.17) is 9.72 Å². The highest BCUT2D eigenvalue weighted by atomic mass is 32.1. The predicted octanol–water partition coefficient (Wildman–Crippen LogP) is 3.93. The Balaban J connectivity index is 1.69. The smallest absolute Gasteiger partial charge is 0.317 e. The summed E-state index contributed by atoms with van der Waals surface area (Å²) in [6, 6.07) is 8.07. The van der Waals surface area contributed by atoms with Gasteiger partial charge in [-0.2, -0.15) is 0 Å². The Labute approximate surface area is 153 Å². The zero-order valence-corrected chi connectivity index (χ0v) is 15.9. The van der Waals surface area contributed by atoms with Crippen molar-refractivity contribution in [1.29, 1.82) is 0 Å². The summed E-state index contributed by atoms with van der Waals surface area (Å²) in [5, 5.41) is 4.01. The van der Waals surface area contributed by atoms with E-state index in [0.717, 1.165) is 35.0 Å². The van der Waals surface area contributed by atoms with Gasteiger partial charge in [0.25, 0.3) is 0 Å². The molecule has 0 spiro atoms. The van der Waals surface area contributed by atoms with Gasteiger partial charge in [0, 0.05) is 30.0 Å². The second kappa shape index (κ2) is 7.87. The Morgan fingerprint density at radius 2 is 2.12 bits per heavy atom. The Kier molecular flexibility index (Phi) is 5.58. The van der Waals surface area contributed by atoms with Gasteiger partial charge in [0.1, 0.15) is 10.8 Å². The number of hydrogen-bond donors (Lipinski definition) is 1. The van der Waals surface area contributed by atoms with Crippen LogP contribution in [0.4, 0.5) is 4.79 Å². The van der Waals surface area contributed by atoms with Crippen LogP contribution in [0, 0.1) is 5.92 Å². The summed E-state index contributed by atoms with van der Waals surface area (Å²) in [7, 11) is 0. The predicted molar refractivity (Wildman–Crippen MR) is 101 cm³/mol. The Morgan fingerprint density at radius 3 is 2.80 bits per heavy atom. The van der Waals surface area contributed by atoms with E-state index in [1.54, 1.807) is 11.3 Å². The van der Waals surface area contributed by atoms with E-state index >= 15 is 0 Å². The summed E-state index contributed by atoms with van der Waals surface area (Å²) < 4.78 is 5.49. The minimum absolute atomic E-state index is 0.0235. The van der Waals surface area contributed by atoms with E-state index < -0.39 is 0 Å². The number of urea groups is 1. The van der Waals surface area contributed by atoms with Crippen molar-refractivity contribution in [1.82, 2.24) is 15.2 Å². The van der Waals surface area contributed by atoms with Crippen molar-refractivity contribution in [2.45, 2.75) is 33.7 Å². The van der Waals surface area contributed by atoms with Crippen molar-refractivity contribution in [3.05, 3.63) is 34.8 Å². The number of benzene rings is 1. The number of amides is 2. The molecule has 0 unspecified atom stereocenters. The molecule has 0 radical (unpaired) electrons. The van der Waals surface area contributed by atoms with Gasteiger partial charge in [0.2, 0.25) is 0 Å². The molecule has 0 aliphatic carbocycles. The average Bonchev–Trinajstić information content (AvgIpc) is 3.03. The van der Waals surface area contributed by atoms with Crippen LogP contribution in [0.25, 0.3) is 10.6 Å². The van der Waals surface area contributed by atoms with Crippen LogP contribution in [-0.4, -0.2) is 35.6 Å². The monoisotopic (exact) mass is 359 g/mol. The summed E-state index contributed by atoms with van der Waals surface area (Å²) in [4.78, 5) is 20.1. The number of nitrogens with one attached hydrogen (secondary N) is 1. The van der Waals surface area contributed by atoms with Crippen molar-refractivity contribution in [3.8, 4) is 16.3 Å². The van der Waals surface area contributed by atoms with Gasteiger partial charge in [-0.15, -0.1) is 11.3 Å². The topological polar surface area (TPSA) is 54.5 Å².